The van der Waals surface area contributed by atoms with E-state index in [1.54, 1.807) is 0 Å². The fraction of sp³-hybridized carbons (Fsp3) is 0.348. The van der Waals surface area contributed by atoms with Crippen molar-refractivity contribution in [3.8, 4) is 0 Å². The first-order valence-electron chi connectivity index (χ1n) is 10.1. The number of benzene rings is 2. The van der Waals surface area contributed by atoms with Gasteiger partial charge in [0.1, 0.15) is 17.9 Å². The summed E-state index contributed by atoms with van der Waals surface area (Å²) in [6.45, 7) is 3.44. The number of imide groups is 1. The molecule has 2 unspecified atom stereocenters. The molecule has 2 aromatic rings. The second-order valence-electron chi connectivity index (χ2n) is 7.54. The maximum Gasteiger partial charge on any atom is 0.325 e. The van der Waals surface area contributed by atoms with Gasteiger partial charge in [0.2, 0.25) is 5.91 Å². The largest absolute Gasteiger partial charge is 0.348 e. The number of unbranched alkanes of at least 4 members (excludes halogenated alkanes) is 1. The van der Waals surface area contributed by atoms with Gasteiger partial charge < -0.3 is 10.6 Å². The topological polar surface area (TPSA) is 78.5 Å². The van der Waals surface area contributed by atoms with Crippen molar-refractivity contribution in [2.24, 2.45) is 0 Å². The van der Waals surface area contributed by atoms with Crippen molar-refractivity contribution in [2.45, 2.75) is 44.7 Å². The zero-order valence-electron chi connectivity index (χ0n) is 17.2. The molecule has 7 heteroatoms. The van der Waals surface area contributed by atoms with Crippen LogP contribution in [0.5, 0.6) is 0 Å². The van der Waals surface area contributed by atoms with Crippen LogP contribution in [-0.2, 0) is 15.1 Å². The predicted octanol–water partition coefficient (Wildman–Crippen LogP) is 3.64. The van der Waals surface area contributed by atoms with Crippen LogP contribution in [-0.4, -0.2) is 29.3 Å². The van der Waals surface area contributed by atoms with E-state index >= 15 is 0 Å². The second-order valence-corrected chi connectivity index (χ2v) is 7.54. The summed E-state index contributed by atoms with van der Waals surface area (Å²) in [5, 5.41) is 5.58. The molecule has 158 valence electrons. The van der Waals surface area contributed by atoms with Gasteiger partial charge in [0.15, 0.2) is 0 Å². The Bertz CT molecular complexity index is 917. The molecule has 0 radical (unpaired) electrons. The Kier molecular flexibility index (Phi) is 6.50. The van der Waals surface area contributed by atoms with E-state index in [-0.39, 0.29) is 12.6 Å². The average molecular weight is 411 g/mol. The van der Waals surface area contributed by atoms with Crippen LogP contribution >= 0.6 is 0 Å². The maximum absolute atomic E-state index is 13.4. The summed E-state index contributed by atoms with van der Waals surface area (Å²) in [5.41, 5.74) is 0.148. The summed E-state index contributed by atoms with van der Waals surface area (Å²) >= 11 is 0. The number of hydrogen-bond acceptors (Lipinski definition) is 3. The van der Waals surface area contributed by atoms with E-state index in [4.69, 9.17) is 0 Å². The van der Waals surface area contributed by atoms with Gasteiger partial charge in [-0.3, -0.25) is 14.5 Å². The maximum atomic E-state index is 13.4. The minimum Gasteiger partial charge on any atom is -0.348 e. The zero-order chi connectivity index (χ0) is 21.7. The molecule has 2 aromatic carbocycles. The van der Waals surface area contributed by atoms with E-state index < -0.39 is 29.2 Å². The van der Waals surface area contributed by atoms with Crippen LogP contribution in [0.25, 0.3) is 0 Å². The molecule has 4 amide bonds. The SMILES string of the molecule is CCCCC1(c2ccc(F)cc2)NC(=O)N(CC(=O)NC(C)c2ccccc2)C1=O. The summed E-state index contributed by atoms with van der Waals surface area (Å²) in [6, 6.07) is 14.1. The number of rotatable bonds is 8. The van der Waals surface area contributed by atoms with Crippen molar-refractivity contribution in [1.82, 2.24) is 15.5 Å². The van der Waals surface area contributed by atoms with Crippen LogP contribution in [0, 0.1) is 5.82 Å². The van der Waals surface area contributed by atoms with Gasteiger partial charge in [-0.2, -0.15) is 0 Å². The number of nitrogens with zero attached hydrogens (tertiary/aromatic N) is 1. The summed E-state index contributed by atoms with van der Waals surface area (Å²) in [4.78, 5) is 39.4. The molecule has 1 aliphatic heterocycles. The number of hydrogen-bond donors (Lipinski definition) is 2. The molecule has 0 aromatic heterocycles. The molecule has 2 atom stereocenters. The minimum absolute atomic E-state index is 0.263. The molecule has 0 spiro atoms. The summed E-state index contributed by atoms with van der Waals surface area (Å²) in [5.74, 6) is -1.34. The number of halogens is 1. The molecule has 30 heavy (non-hydrogen) atoms. The lowest BCUT2D eigenvalue weighted by Crippen LogP contribution is -2.45. The Hall–Kier alpha value is -3.22. The summed E-state index contributed by atoms with van der Waals surface area (Å²) in [6.07, 6.45) is 1.88. The Morgan fingerprint density at radius 2 is 1.80 bits per heavy atom. The highest BCUT2D eigenvalue weighted by atomic mass is 19.1. The monoisotopic (exact) mass is 411 g/mol. The molecule has 1 heterocycles. The van der Waals surface area contributed by atoms with Gasteiger partial charge in [-0.05, 0) is 36.6 Å². The molecule has 0 aliphatic carbocycles. The van der Waals surface area contributed by atoms with Crippen LogP contribution in [0.3, 0.4) is 0 Å². The van der Waals surface area contributed by atoms with Crippen LogP contribution in [0.2, 0.25) is 0 Å². The van der Waals surface area contributed by atoms with Crippen LogP contribution in [0.1, 0.15) is 50.3 Å². The van der Waals surface area contributed by atoms with E-state index in [1.807, 2.05) is 44.2 Å². The molecule has 1 fully saturated rings. The van der Waals surface area contributed by atoms with Crippen LogP contribution in [0.15, 0.2) is 54.6 Å². The number of urea groups is 1. The zero-order valence-corrected chi connectivity index (χ0v) is 17.2. The Morgan fingerprint density at radius 3 is 2.43 bits per heavy atom. The van der Waals surface area contributed by atoms with Gasteiger partial charge in [-0.15, -0.1) is 0 Å². The molecular formula is C23H26FN3O3. The van der Waals surface area contributed by atoms with Crippen molar-refractivity contribution in [3.63, 3.8) is 0 Å². The van der Waals surface area contributed by atoms with Gasteiger partial charge in [0, 0.05) is 0 Å². The van der Waals surface area contributed by atoms with Crippen LogP contribution < -0.4 is 10.6 Å². The van der Waals surface area contributed by atoms with E-state index in [9.17, 15) is 18.8 Å². The third-order valence-electron chi connectivity index (χ3n) is 5.40. The first-order valence-corrected chi connectivity index (χ1v) is 10.1. The quantitative estimate of drug-likeness (QED) is 0.651. The molecule has 0 saturated carbocycles. The summed E-state index contributed by atoms with van der Waals surface area (Å²) in [7, 11) is 0. The third kappa shape index (κ3) is 4.35. The predicted molar refractivity (Wildman–Crippen MR) is 111 cm³/mol. The average Bonchev–Trinajstić information content (AvgIpc) is 2.98. The van der Waals surface area contributed by atoms with E-state index in [2.05, 4.69) is 10.6 Å². The van der Waals surface area contributed by atoms with Crippen molar-refractivity contribution >= 4 is 17.8 Å². The molecular weight excluding hydrogens is 385 g/mol. The first-order chi connectivity index (χ1) is 14.4. The number of nitrogens with one attached hydrogen (secondary N) is 2. The standard InChI is InChI=1S/C23H26FN3O3/c1-3-4-14-23(18-10-12-19(24)13-11-18)21(29)27(22(30)26-23)15-20(28)25-16(2)17-8-6-5-7-9-17/h5-13,16H,3-4,14-15H2,1-2H3,(H,25,28)(H,26,30). The van der Waals surface area contributed by atoms with Gasteiger partial charge in [0.05, 0.1) is 6.04 Å². The second kappa shape index (κ2) is 9.07. The van der Waals surface area contributed by atoms with Gasteiger partial charge in [-0.25, -0.2) is 9.18 Å². The van der Waals surface area contributed by atoms with Crippen molar-refractivity contribution in [2.75, 3.05) is 6.54 Å². The fourth-order valence-corrected chi connectivity index (χ4v) is 3.71. The smallest absolute Gasteiger partial charge is 0.325 e. The lowest BCUT2D eigenvalue weighted by atomic mass is 9.85. The molecule has 2 N–H and O–H groups in total. The lowest BCUT2D eigenvalue weighted by Gasteiger charge is -2.27. The number of amides is 4. The van der Waals surface area contributed by atoms with E-state index in [0.717, 1.165) is 16.9 Å². The van der Waals surface area contributed by atoms with Gasteiger partial charge >= 0.3 is 6.03 Å². The lowest BCUT2D eigenvalue weighted by molar-refractivity contribution is -0.135. The highest BCUT2D eigenvalue weighted by Crippen LogP contribution is 2.34. The van der Waals surface area contributed by atoms with Gasteiger partial charge in [0.25, 0.3) is 5.91 Å². The number of carbonyl (C=O) groups excluding carboxylic acids is 3. The molecule has 3 rings (SSSR count). The molecule has 1 aliphatic rings. The highest BCUT2D eigenvalue weighted by molar-refractivity contribution is 6.09. The van der Waals surface area contributed by atoms with E-state index in [0.29, 0.717) is 18.4 Å². The van der Waals surface area contributed by atoms with Crippen molar-refractivity contribution in [3.05, 3.63) is 71.5 Å². The minimum atomic E-state index is -1.29. The molecule has 0 bridgehead atoms. The third-order valence-corrected chi connectivity index (χ3v) is 5.40. The normalized spacial score (nSPS) is 19.5. The fourth-order valence-electron chi connectivity index (χ4n) is 3.71. The van der Waals surface area contributed by atoms with Gasteiger partial charge in [-0.1, -0.05) is 62.2 Å². The Balaban J connectivity index is 1.77. The number of carbonyl (C=O) groups is 3. The Labute approximate surface area is 175 Å². The van der Waals surface area contributed by atoms with Crippen molar-refractivity contribution in [1.29, 1.82) is 0 Å². The van der Waals surface area contributed by atoms with E-state index in [1.165, 1.54) is 24.3 Å². The molecule has 6 nitrogen and oxygen atoms in total. The molecule has 1 saturated heterocycles. The summed E-state index contributed by atoms with van der Waals surface area (Å²) < 4.78 is 13.4. The Morgan fingerprint density at radius 1 is 1.13 bits per heavy atom. The highest BCUT2D eigenvalue weighted by Gasteiger charge is 2.52. The van der Waals surface area contributed by atoms with Crippen LogP contribution in [0.4, 0.5) is 9.18 Å². The van der Waals surface area contributed by atoms with Crippen molar-refractivity contribution < 1.29 is 18.8 Å². The first kappa shape index (κ1) is 21.5.